The average molecular weight is 220 g/mol. The Morgan fingerprint density at radius 1 is 1.44 bits per heavy atom. The van der Waals surface area contributed by atoms with Crippen molar-refractivity contribution in [2.45, 2.75) is 20.0 Å². The molecule has 0 bridgehead atoms. The van der Waals surface area contributed by atoms with Crippen molar-refractivity contribution in [1.29, 1.82) is 0 Å². The van der Waals surface area contributed by atoms with E-state index >= 15 is 0 Å². The van der Waals surface area contributed by atoms with Crippen molar-refractivity contribution < 1.29 is 0 Å². The number of nitrogens with one attached hydrogen (secondary N) is 1. The predicted molar refractivity (Wildman–Crippen MR) is 59.7 cm³/mol. The minimum absolute atomic E-state index is 0.833. The van der Waals surface area contributed by atoms with E-state index in [0.717, 1.165) is 25.3 Å². The Morgan fingerprint density at radius 2 is 2.31 bits per heavy atom. The second-order valence-electron chi connectivity index (χ2n) is 3.76. The van der Waals surface area contributed by atoms with Gasteiger partial charge in [0.15, 0.2) is 0 Å². The lowest BCUT2D eigenvalue weighted by molar-refractivity contribution is 0.539. The molecule has 0 saturated carbocycles. The van der Waals surface area contributed by atoms with E-state index in [1.54, 1.807) is 6.20 Å². The summed E-state index contributed by atoms with van der Waals surface area (Å²) in [4.78, 5) is 0. The van der Waals surface area contributed by atoms with Crippen LogP contribution < -0.4 is 5.32 Å². The van der Waals surface area contributed by atoms with Crippen LogP contribution >= 0.6 is 0 Å². The minimum Gasteiger partial charge on any atom is -0.311 e. The summed E-state index contributed by atoms with van der Waals surface area (Å²) in [6, 6.07) is 0. The summed E-state index contributed by atoms with van der Waals surface area (Å²) in [5.74, 6) is 0. The summed E-state index contributed by atoms with van der Waals surface area (Å²) < 4.78 is 3.65. The highest BCUT2D eigenvalue weighted by atomic mass is 15.4. The van der Waals surface area contributed by atoms with Crippen LogP contribution in [-0.4, -0.2) is 31.3 Å². The monoisotopic (exact) mass is 220 g/mol. The molecule has 16 heavy (non-hydrogen) atoms. The highest BCUT2D eigenvalue weighted by Gasteiger charge is 2.01. The molecule has 0 spiro atoms. The second-order valence-corrected chi connectivity index (χ2v) is 3.76. The number of aryl methyl sites for hydroxylation is 2. The predicted octanol–water partition coefficient (Wildman–Crippen LogP) is 0.110. The van der Waals surface area contributed by atoms with Crippen LogP contribution in [0.3, 0.4) is 0 Å². The van der Waals surface area contributed by atoms with Gasteiger partial charge in [0, 0.05) is 38.1 Å². The maximum atomic E-state index is 4.29. The molecular weight excluding hydrogens is 204 g/mol. The van der Waals surface area contributed by atoms with E-state index in [4.69, 9.17) is 0 Å². The van der Waals surface area contributed by atoms with Gasteiger partial charge in [-0.25, -0.2) is 0 Å². The van der Waals surface area contributed by atoms with Crippen LogP contribution in [0.2, 0.25) is 0 Å². The molecule has 0 aromatic carbocycles. The summed E-state index contributed by atoms with van der Waals surface area (Å²) >= 11 is 0. The lowest BCUT2D eigenvalue weighted by Crippen LogP contribution is -2.20. The maximum absolute atomic E-state index is 4.29. The van der Waals surface area contributed by atoms with Crippen molar-refractivity contribution in [3.05, 3.63) is 29.8 Å². The Kier molecular flexibility index (Phi) is 3.31. The van der Waals surface area contributed by atoms with Crippen LogP contribution in [0.15, 0.2) is 18.6 Å². The first-order valence-corrected chi connectivity index (χ1v) is 5.29. The van der Waals surface area contributed by atoms with Gasteiger partial charge in [-0.1, -0.05) is 5.21 Å². The van der Waals surface area contributed by atoms with Crippen LogP contribution in [0.4, 0.5) is 0 Å². The van der Waals surface area contributed by atoms with E-state index in [2.05, 4.69) is 20.7 Å². The number of aromatic nitrogens is 5. The number of nitrogens with zero attached hydrogens (tertiary/aromatic N) is 5. The van der Waals surface area contributed by atoms with Crippen molar-refractivity contribution in [3.63, 3.8) is 0 Å². The quantitative estimate of drug-likeness (QED) is 0.727. The van der Waals surface area contributed by atoms with Crippen LogP contribution in [0.1, 0.15) is 11.3 Å². The Morgan fingerprint density at radius 3 is 2.94 bits per heavy atom. The first-order valence-electron chi connectivity index (χ1n) is 5.29. The highest BCUT2D eigenvalue weighted by molar-refractivity contribution is 5.14. The third-order valence-corrected chi connectivity index (χ3v) is 2.42. The van der Waals surface area contributed by atoms with E-state index in [9.17, 15) is 0 Å². The number of hydrogen-bond donors (Lipinski definition) is 1. The van der Waals surface area contributed by atoms with E-state index in [0.29, 0.717) is 0 Å². The molecule has 0 aliphatic heterocycles. The Labute approximate surface area is 94.3 Å². The lowest BCUT2D eigenvalue weighted by atomic mass is 10.2. The molecule has 0 aliphatic rings. The highest BCUT2D eigenvalue weighted by Crippen LogP contribution is 2.03. The van der Waals surface area contributed by atoms with Crippen molar-refractivity contribution >= 4 is 0 Å². The van der Waals surface area contributed by atoms with Crippen molar-refractivity contribution in [2.24, 2.45) is 7.05 Å². The molecule has 2 aromatic heterocycles. The molecule has 0 saturated heterocycles. The zero-order valence-corrected chi connectivity index (χ0v) is 9.59. The molecule has 2 rings (SSSR count). The van der Waals surface area contributed by atoms with Crippen LogP contribution in [-0.2, 0) is 20.1 Å². The third kappa shape index (κ3) is 2.66. The number of hydrogen-bond acceptors (Lipinski definition) is 4. The Bertz CT molecular complexity index is 430. The van der Waals surface area contributed by atoms with E-state index in [1.165, 1.54) is 5.56 Å². The van der Waals surface area contributed by atoms with Crippen molar-refractivity contribution in [1.82, 2.24) is 30.1 Å². The SMILES string of the molecule is Cc1nn(C)cc1CNCCn1ccnn1. The molecule has 0 amide bonds. The first-order chi connectivity index (χ1) is 7.75. The van der Waals surface area contributed by atoms with Gasteiger partial charge in [-0.15, -0.1) is 5.10 Å². The van der Waals surface area contributed by atoms with E-state index in [1.807, 2.05) is 35.7 Å². The van der Waals surface area contributed by atoms with Crippen molar-refractivity contribution in [3.8, 4) is 0 Å². The van der Waals surface area contributed by atoms with Crippen LogP contribution in [0.25, 0.3) is 0 Å². The molecule has 2 heterocycles. The summed E-state index contributed by atoms with van der Waals surface area (Å²) in [7, 11) is 1.94. The molecule has 86 valence electrons. The van der Waals surface area contributed by atoms with E-state index < -0.39 is 0 Å². The smallest absolute Gasteiger partial charge is 0.0692 e. The van der Waals surface area contributed by atoms with Gasteiger partial charge in [0.05, 0.1) is 18.4 Å². The molecule has 0 atom stereocenters. The largest absolute Gasteiger partial charge is 0.311 e. The molecular formula is C10H16N6. The van der Waals surface area contributed by atoms with Gasteiger partial charge in [0.2, 0.25) is 0 Å². The lowest BCUT2D eigenvalue weighted by Gasteiger charge is -2.03. The molecule has 0 unspecified atom stereocenters. The van der Waals surface area contributed by atoms with Gasteiger partial charge in [-0.05, 0) is 6.92 Å². The zero-order chi connectivity index (χ0) is 11.4. The summed E-state index contributed by atoms with van der Waals surface area (Å²) in [6.07, 6.45) is 5.58. The van der Waals surface area contributed by atoms with Gasteiger partial charge in [-0.2, -0.15) is 5.10 Å². The fourth-order valence-electron chi connectivity index (χ4n) is 1.59. The third-order valence-electron chi connectivity index (χ3n) is 2.42. The van der Waals surface area contributed by atoms with Crippen LogP contribution in [0.5, 0.6) is 0 Å². The van der Waals surface area contributed by atoms with Gasteiger partial charge in [0.1, 0.15) is 0 Å². The average Bonchev–Trinajstić information content (AvgIpc) is 2.84. The fourth-order valence-corrected chi connectivity index (χ4v) is 1.59. The fraction of sp³-hybridized carbons (Fsp3) is 0.500. The molecule has 2 aromatic rings. The molecule has 0 radical (unpaired) electrons. The Balaban J connectivity index is 1.74. The summed E-state index contributed by atoms with van der Waals surface area (Å²) in [5, 5.41) is 15.3. The maximum Gasteiger partial charge on any atom is 0.0692 e. The van der Waals surface area contributed by atoms with Gasteiger partial charge >= 0.3 is 0 Å². The van der Waals surface area contributed by atoms with Gasteiger partial charge in [0.25, 0.3) is 0 Å². The summed E-state index contributed by atoms with van der Waals surface area (Å²) in [6.45, 7) is 4.57. The number of rotatable bonds is 5. The molecule has 1 N–H and O–H groups in total. The van der Waals surface area contributed by atoms with Gasteiger partial charge < -0.3 is 5.32 Å². The summed E-state index contributed by atoms with van der Waals surface area (Å²) in [5.41, 5.74) is 2.32. The minimum atomic E-state index is 0.833. The standard InChI is InChI=1S/C10H16N6/c1-9-10(8-15(2)13-9)7-11-3-5-16-6-4-12-14-16/h4,6,8,11H,3,5,7H2,1-2H3. The van der Waals surface area contributed by atoms with Crippen LogP contribution in [0, 0.1) is 6.92 Å². The Hall–Kier alpha value is -1.69. The second kappa shape index (κ2) is 4.89. The molecule has 6 nitrogen and oxygen atoms in total. The molecule has 0 aliphatic carbocycles. The van der Waals surface area contributed by atoms with Gasteiger partial charge in [-0.3, -0.25) is 9.36 Å². The zero-order valence-electron chi connectivity index (χ0n) is 9.59. The van der Waals surface area contributed by atoms with E-state index in [-0.39, 0.29) is 0 Å². The topological polar surface area (TPSA) is 60.6 Å². The normalized spacial score (nSPS) is 10.9. The molecule has 6 heteroatoms. The molecule has 0 fully saturated rings. The first kappa shape index (κ1) is 10.8. The van der Waals surface area contributed by atoms with Crippen molar-refractivity contribution in [2.75, 3.05) is 6.54 Å².